The van der Waals surface area contributed by atoms with E-state index in [9.17, 15) is 59.4 Å². The van der Waals surface area contributed by atoms with E-state index in [0.717, 1.165) is 53.0 Å². The zero-order chi connectivity index (χ0) is 47.4. The average Bonchev–Trinajstić information content (AvgIpc) is 3.62. The number of carbonyl (C=O) groups excluding carboxylic acids is 2. The van der Waals surface area contributed by atoms with Crippen LogP contribution in [0.25, 0.3) is 5.78 Å². The van der Waals surface area contributed by atoms with Crippen LogP contribution in [0.3, 0.4) is 0 Å². The number of para-hydroxylation sites is 1. The number of rotatable bonds is 14. The number of alkyl halides is 3. The van der Waals surface area contributed by atoms with Crippen LogP contribution in [-0.4, -0.2) is 92.9 Å². The van der Waals surface area contributed by atoms with Crippen LogP contribution in [0.5, 0.6) is 11.5 Å². The number of nitrogens with one attached hydrogen (secondary N) is 1. The van der Waals surface area contributed by atoms with Crippen molar-refractivity contribution in [3.8, 4) is 11.5 Å². The van der Waals surface area contributed by atoms with Gasteiger partial charge in [-0.1, -0.05) is 17.7 Å². The van der Waals surface area contributed by atoms with E-state index in [1.165, 1.54) is 19.8 Å². The fourth-order valence-corrected chi connectivity index (χ4v) is 6.36. The van der Waals surface area contributed by atoms with Gasteiger partial charge in [-0.2, -0.15) is 26.6 Å². The quantitative estimate of drug-likeness (QED) is 0.0327. The lowest BCUT2D eigenvalue weighted by Gasteiger charge is -2.12. The molecule has 0 aliphatic carbocycles. The summed E-state index contributed by atoms with van der Waals surface area (Å²) in [5.41, 5.74) is 2.77. The standard InChI is InChI=1S/C18H13ClF3NO7.C12H9F2N5O2S.C5H12NO4P/c1-2-28-16(24)9-29-17(25)12-8-11(4-5-14(12)23(26)27)30-15-6-3-10(7-13(15)19)18(20,21)22;1-7-5-6-19-11(15-7)16-12(17-19)22(20,21)18-10-8(13)3-2-4-9(10)14;1-11(9,10)3-2-4(6)5(7)8/h3-8H,2,9H2,1H3;2-6,18H,1H3;4H,2-3,6H2,1H3,(H,7,8)(H,9,10). The van der Waals surface area contributed by atoms with Crippen molar-refractivity contribution >= 4 is 64.1 Å². The molecule has 5 aromatic rings. The Morgan fingerprint density at radius 2 is 1.71 bits per heavy atom. The highest BCUT2D eigenvalue weighted by Gasteiger charge is 2.31. The molecule has 340 valence electrons. The van der Waals surface area contributed by atoms with Crippen molar-refractivity contribution in [3.05, 3.63) is 110 Å². The third-order valence-corrected chi connectivity index (χ3v) is 9.95. The summed E-state index contributed by atoms with van der Waals surface area (Å²) in [7, 11) is -7.45. The van der Waals surface area contributed by atoms with Crippen LogP contribution in [0, 0.1) is 28.7 Å². The van der Waals surface area contributed by atoms with Crippen molar-refractivity contribution < 1.29 is 78.5 Å². The smallest absolute Gasteiger partial charge is 0.416 e. The molecule has 0 radical (unpaired) electrons. The number of carboxylic acid groups (broad SMARTS) is 1. The lowest BCUT2D eigenvalue weighted by molar-refractivity contribution is -0.385. The second kappa shape index (κ2) is 21.6. The van der Waals surface area contributed by atoms with Gasteiger partial charge in [0.25, 0.3) is 26.6 Å². The zero-order valence-corrected chi connectivity index (χ0v) is 35.0. The molecule has 0 fully saturated rings. The maximum Gasteiger partial charge on any atom is 0.416 e. The molecular weight excluding hydrogens is 920 g/mol. The summed E-state index contributed by atoms with van der Waals surface area (Å²) in [6, 6.07) is 8.92. The number of carboxylic acids is 1. The van der Waals surface area contributed by atoms with Crippen molar-refractivity contribution in [1.82, 2.24) is 19.6 Å². The molecule has 20 nitrogen and oxygen atoms in total. The summed E-state index contributed by atoms with van der Waals surface area (Å²) in [4.78, 5) is 60.4. The Kier molecular flexibility index (Phi) is 17.5. The van der Waals surface area contributed by atoms with E-state index >= 15 is 0 Å². The number of hydrogen-bond acceptors (Lipinski definition) is 15. The molecule has 5 rings (SSSR count). The zero-order valence-electron chi connectivity index (χ0n) is 32.6. The Hall–Kier alpha value is -6.34. The maximum atomic E-state index is 13.5. The number of aromatic nitrogens is 4. The Morgan fingerprint density at radius 3 is 2.27 bits per heavy atom. The largest absolute Gasteiger partial charge is 0.480 e. The summed E-state index contributed by atoms with van der Waals surface area (Å²) >= 11 is 5.81. The van der Waals surface area contributed by atoms with Crippen molar-refractivity contribution in [3.63, 3.8) is 0 Å². The van der Waals surface area contributed by atoms with Crippen LogP contribution in [-0.2, 0) is 39.8 Å². The highest BCUT2D eigenvalue weighted by molar-refractivity contribution is 7.92. The molecule has 0 aliphatic rings. The molecule has 0 aliphatic heterocycles. The molecule has 0 amide bonds. The van der Waals surface area contributed by atoms with Gasteiger partial charge in [0.05, 0.1) is 22.1 Å². The Balaban J connectivity index is 0.000000279. The normalized spacial score (nSPS) is 12.6. The molecule has 5 N–H and O–H groups in total. The summed E-state index contributed by atoms with van der Waals surface area (Å²) < 4.78 is 118. The van der Waals surface area contributed by atoms with E-state index in [1.54, 1.807) is 17.7 Å². The van der Waals surface area contributed by atoms with Gasteiger partial charge in [0, 0.05) is 36.9 Å². The lowest BCUT2D eigenvalue weighted by Crippen LogP contribution is -2.30. The number of nitrogens with two attached hydrogens (primary N) is 1. The first-order chi connectivity index (χ1) is 29.2. The molecule has 2 aromatic heterocycles. The molecule has 0 spiro atoms. The molecule has 2 atom stereocenters. The monoisotopic (exact) mass is 953 g/mol. The van der Waals surface area contributed by atoms with Gasteiger partial charge in [0.1, 0.15) is 40.4 Å². The molecule has 2 unspecified atom stereocenters. The number of anilines is 1. The Bertz CT molecular complexity index is 2630. The number of carbonyl (C=O) groups is 3. The minimum absolute atomic E-state index is 0.0412. The maximum absolute atomic E-state index is 13.5. The number of halogens is 6. The van der Waals surface area contributed by atoms with Crippen molar-refractivity contribution in [2.45, 2.75) is 37.6 Å². The van der Waals surface area contributed by atoms with Crippen LogP contribution in [0.15, 0.2) is 72.0 Å². The highest BCUT2D eigenvalue weighted by atomic mass is 35.5. The van der Waals surface area contributed by atoms with E-state index in [-0.39, 0.29) is 41.5 Å². The number of sulfonamides is 1. The van der Waals surface area contributed by atoms with E-state index in [4.69, 9.17) is 36.8 Å². The fourth-order valence-electron chi connectivity index (χ4n) is 4.43. The van der Waals surface area contributed by atoms with Crippen LogP contribution in [0.4, 0.5) is 33.3 Å². The Labute approximate surface area is 357 Å². The highest BCUT2D eigenvalue weighted by Crippen LogP contribution is 2.38. The second-order valence-electron chi connectivity index (χ2n) is 12.5. The molecule has 3 aromatic carbocycles. The van der Waals surface area contributed by atoms with Crippen molar-refractivity contribution in [2.75, 3.05) is 30.8 Å². The third kappa shape index (κ3) is 15.5. The van der Waals surface area contributed by atoms with Gasteiger partial charge >= 0.3 is 24.1 Å². The van der Waals surface area contributed by atoms with Gasteiger partial charge in [0.15, 0.2) is 14.0 Å². The number of hydrogen-bond donors (Lipinski definition) is 4. The molecule has 63 heavy (non-hydrogen) atoms. The summed E-state index contributed by atoms with van der Waals surface area (Å²) in [5.74, 6) is -5.51. The van der Waals surface area contributed by atoms with Gasteiger partial charge in [-0.25, -0.2) is 27.9 Å². The first-order valence-corrected chi connectivity index (χ1v) is 21.5. The van der Waals surface area contributed by atoms with E-state index in [1.807, 2.05) is 0 Å². The summed E-state index contributed by atoms with van der Waals surface area (Å²) in [5, 5.41) is 22.2. The van der Waals surface area contributed by atoms with Gasteiger partial charge < -0.3 is 29.9 Å². The number of aliphatic carboxylic acids is 1. The predicted molar refractivity (Wildman–Crippen MR) is 210 cm³/mol. The van der Waals surface area contributed by atoms with Crippen molar-refractivity contribution in [1.29, 1.82) is 0 Å². The van der Waals surface area contributed by atoms with Gasteiger partial charge in [-0.15, -0.1) is 5.10 Å². The first-order valence-electron chi connectivity index (χ1n) is 17.3. The first kappa shape index (κ1) is 51.0. The average molecular weight is 954 g/mol. The number of fused-ring (bicyclic) bond motifs is 1. The number of ether oxygens (including phenoxy) is 3. The minimum Gasteiger partial charge on any atom is -0.480 e. The van der Waals surface area contributed by atoms with Crippen LogP contribution in [0.2, 0.25) is 5.02 Å². The minimum atomic E-state index is -4.61. The SMILES string of the molecule is CCOC(=O)COC(=O)c1cc(Oc2ccc(C(F)(F)F)cc2Cl)ccc1[N+](=O)[O-].CP(=O)(O)CCC(N)C(=O)O.Cc1ccn2nc(S(=O)(=O)Nc3c(F)cccc3F)nc2n1. The molecule has 0 bridgehead atoms. The summed E-state index contributed by atoms with van der Waals surface area (Å²) in [6.45, 7) is 3.71. The van der Waals surface area contributed by atoms with Gasteiger partial charge in [0.2, 0.25) is 0 Å². The number of benzene rings is 3. The fraction of sp³-hybridized carbons (Fsp3) is 0.257. The van der Waals surface area contributed by atoms with Crippen LogP contribution >= 0.6 is 19.0 Å². The van der Waals surface area contributed by atoms with Crippen LogP contribution in [0.1, 0.15) is 35.0 Å². The second-order valence-corrected chi connectivity index (χ2v) is 17.0. The number of aryl methyl sites for hydroxylation is 1. The van der Waals surface area contributed by atoms with E-state index < -0.39 is 98.3 Å². The third-order valence-electron chi connectivity index (χ3n) is 7.44. The topological polar surface area (TPSA) is 295 Å². The van der Waals surface area contributed by atoms with E-state index in [0.29, 0.717) is 11.8 Å². The molecule has 0 saturated carbocycles. The van der Waals surface area contributed by atoms with Gasteiger partial charge in [-0.3, -0.25) is 24.2 Å². The Morgan fingerprint density at radius 1 is 1.06 bits per heavy atom. The number of nitrogens with zero attached hydrogens (tertiary/aromatic N) is 5. The number of nitro benzene ring substituents is 1. The lowest BCUT2D eigenvalue weighted by atomic mass is 10.1. The molecular formula is C35H34ClF5N7O13PS. The van der Waals surface area contributed by atoms with Crippen LogP contribution < -0.4 is 15.2 Å². The van der Waals surface area contributed by atoms with Crippen molar-refractivity contribution in [2.24, 2.45) is 5.73 Å². The molecule has 0 saturated heterocycles. The number of esters is 2. The van der Waals surface area contributed by atoms with E-state index in [2.05, 4.69) is 19.8 Å². The van der Waals surface area contributed by atoms with Gasteiger partial charge in [-0.05, 0) is 62.7 Å². The molecule has 2 heterocycles. The predicted octanol–water partition coefficient (Wildman–Crippen LogP) is 5.98. The molecule has 28 heteroatoms. The number of nitro groups is 1. The summed E-state index contributed by atoms with van der Waals surface area (Å²) in [6.07, 6.45) is -3.13.